The van der Waals surface area contributed by atoms with Crippen molar-refractivity contribution >= 4 is 17.7 Å². The van der Waals surface area contributed by atoms with Gasteiger partial charge in [0.25, 0.3) is 0 Å². The van der Waals surface area contributed by atoms with Gasteiger partial charge in [-0.1, -0.05) is 59.8 Å². The predicted molar refractivity (Wildman–Crippen MR) is 91.5 cm³/mol. The fourth-order valence-corrected chi connectivity index (χ4v) is 3.50. The molecule has 0 heterocycles. The highest BCUT2D eigenvalue weighted by Gasteiger charge is 2.18. The van der Waals surface area contributed by atoms with E-state index >= 15 is 0 Å². The van der Waals surface area contributed by atoms with Crippen LogP contribution in [0.15, 0.2) is 0 Å². The summed E-state index contributed by atoms with van der Waals surface area (Å²) in [6.07, 6.45) is 9.36. The lowest BCUT2D eigenvalue weighted by Crippen LogP contribution is -2.20. The van der Waals surface area contributed by atoms with E-state index < -0.39 is 12.6 Å². The number of ether oxygens (including phenoxy) is 1. The molecule has 0 aromatic heterocycles. The molecule has 0 aliphatic carbocycles. The highest BCUT2D eigenvalue weighted by Crippen LogP contribution is 2.27. The number of esters is 1. The summed E-state index contributed by atoms with van der Waals surface area (Å²) in [7, 11) is 0. The first-order valence-electron chi connectivity index (χ1n) is 8.45. The zero-order valence-corrected chi connectivity index (χ0v) is 15.1. The number of rotatable bonds is 13. The lowest BCUT2D eigenvalue weighted by atomic mass is 10.1. The SMILES string of the molecule is CCCCCCC(C)SC(CCCC(C)C)OC(=O)CO. The Kier molecular flexibility index (Phi) is 13.3. The molecule has 1 N–H and O–H groups in total. The van der Waals surface area contributed by atoms with Crippen molar-refractivity contribution in [1.29, 1.82) is 0 Å². The second-order valence-corrected chi connectivity index (χ2v) is 7.80. The van der Waals surface area contributed by atoms with E-state index in [2.05, 4.69) is 27.7 Å². The first kappa shape index (κ1) is 20.8. The van der Waals surface area contributed by atoms with E-state index in [-0.39, 0.29) is 5.44 Å². The highest BCUT2D eigenvalue weighted by atomic mass is 32.2. The van der Waals surface area contributed by atoms with Crippen molar-refractivity contribution in [1.82, 2.24) is 0 Å². The van der Waals surface area contributed by atoms with Crippen LogP contribution in [0.3, 0.4) is 0 Å². The van der Waals surface area contributed by atoms with E-state index in [9.17, 15) is 4.79 Å². The van der Waals surface area contributed by atoms with Crippen LogP contribution in [-0.4, -0.2) is 28.4 Å². The summed E-state index contributed by atoms with van der Waals surface area (Å²) in [4.78, 5) is 11.3. The Morgan fingerprint density at radius 1 is 1.05 bits per heavy atom. The molecule has 0 aromatic carbocycles. The Morgan fingerprint density at radius 3 is 2.33 bits per heavy atom. The van der Waals surface area contributed by atoms with Crippen LogP contribution in [-0.2, 0) is 9.53 Å². The maximum Gasteiger partial charge on any atom is 0.332 e. The minimum atomic E-state index is -0.522. The molecular weight excluding hydrogens is 284 g/mol. The van der Waals surface area contributed by atoms with Crippen molar-refractivity contribution in [3.8, 4) is 0 Å². The number of carbonyl (C=O) groups is 1. The fraction of sp³-hybridized carbons (Fsp3) is 0.941. The van der Waals surface area contributed by atoms with E-state index in [1.54, 1.807) is 11.8 Å². The second-order valence-electron chi connectivity index (χ2n) is 6.20. The Morgan fingerprint density at radius 2 is 1.76 bits per heavy atom. The quantitative estimate of drug-likeness (QED) is 0.302. The molecular formula is C17H34O3S. The average molecular weight is 319 g/mol. The molecule has 0 aliphatic rings. The lowest BCUT2D eigenvalue weighted by molar-refractivity contribution is -0.148. The topological polar surface area (TPSA) is 46.5 Å². The van der Waals surface area contributed by atoms with E-state index in [0.717, 1.165) is 19.3 Å². The van der Waals surface area contributed by atoms with Crippen molar-refractivity contribution in [3.05, 3.63) is 0 Å². The molecule has 0 aliphatic heterocycles. The van der Waals surface area contributed by atoms with Crippen LogP contribution in [0.1, 0.15) is 79.1 Å². The Labute approximate surface area is 135 Å². The number of hydrogen-bond acceptors (Lipinski definition) is 4. The molecule has 126 valence electrons. The van der Waals surface area contributed by atoms with Crippen molar-refractivity contribution < 1.29 is 14.6 Å². The summed E-state index contributed by atoms with van der Waals surface area (Å²) < 4.78 is 5.35. The van der Waals surface area contributed by atoms with Crippen LogP contribution < -0.4 is 0 Å². The van der Waals surface area contributed by atoms with Gasteiger partial charge in [-0.05, 0) is 25.2 Å². The van der Waals surface area contributed by atoms with Gasteiger partial charge in [-0.25, -0.2) is 4.79 Å². The molecule has 0 radical (unpaired) electrons. The molecule has 2 atom stereocenters. The zero-order valence-electron chi connectivity index (χ0n) is 14.3. The molecule has 0 amide bonds. The molecule has 0 saturated carbocycles. The molecule has 0 bridgehead atoms. The summed E-state index contributed by atoms with van der Waals surface area (Å²) in [5, 5.41) is 9.35. The first-order chi connectivity index (χ1) is 9.99. The molecule has 0 aromatic rings. The zero-order chi connectivity index (χ0) is 16.1. The molecule has 0 spiro atoms. The van der Waals surface area contributed by atoms with Crippen molar-refractivity contribution in [3.63, 3.8) is 0 Å². The molecule has 0 rings (SSSR count). The maximum atomic E-state index is 11.3. The fourth-order valence-electron chi connectivity index (χ4n) is 2.22. The molecule has 0 fully saturated rings. The van der Waals surface area contributed by atoms with E-state index in [0.29, 0.717) is 11.2 Å². The molecule has 4 heteroatoms. The second kappa shape index (κ2) is 13.4. The number of thioether (sulfide) groups is 1. The molecule has 3 nitrogen and oxygen atoms in total. The van der Waals surface area contributed by atoms with Crippen molar-refractivity contribution in [2.24, 2.45) is 5.92 Å². The van der Waals surface area contributed by atoms with Gasteiger partial charge in [0, 0.05) is 5.25 Å². The van der Waals surface area contributed by atoms with Crippen LogP contribution in [0.5, 0.6) is 0 Å². The van der Waals surface area contributed by atoms with Gasteiger partial charge in [-0.2, -0.15) is 0 Å². The highest BCUT2D eigenvalue weighted by molar-refractivity contribution is 8.00. The van der Waals surface area contributed by atoms with Crippen LogP contribution in [0, 0.1) is 5.92 Å². The van der Waals surface area contributed by atoms with E-state index in [4.69, 9.17) is 9.84 Å². The Hall–Kier alpha value is -0.220. The third-order valence-corrected chi connectivity index (χ3v) is 4.80. The van der Waals surface area contributed by atoms with Gasteiger partial charge in [0.1, 0.15) is 12.0 Å². The van der Waals surface area contributed by atoms with Crippen LogP contribution >= 0.6 is 11.8 Å². The normalized spacial score (nSPS) is 14.2. The summed E-state index contributed by atoms with van der Waals surface area (Å²) in [6.45, 7) is 8.32. The number of aliphatic hydroxyl groups excluding tert-OH is 1. The standard InChI is InChI=1S/C17H34O3S/c1-5-6-7-8-11-15(4)21-17(20-16(19)13-18)12-9-10-14(2)3/h14-15,17-18H,5-13H2,1-4H3. The Bertz CT molecular complexity index is 256. The van der Waals surface area contributed by atoms with Crippen molar-refractivity contribution in [2.45, 2.75) is 89.7 Å². The van der Waals surface area contributed by atoms with Crippen LogP contribution in [0.25, 0.3) is 0 Å². The number of hydrogen-bond donors (Lipinski definition) is 1. The van der Waals surface area contributed by atoms with Gasteiger partial charge in [0.2, 0.25) is 0 Å². The largest absolute Gasteiger partial charge is 0.450 e. The number of carbonyl (C=O) groups excluding carboxylic acids is 1. The molecule has 2 unspecified atom stereocenters. The molecule has 0 saturated heterocycles. The van der Waals surface area contributed by atoms with Gasteiger partial charge in [-0.15, -0.1) is 11.8 Å². The average Bonchev–Trinajstić information content (AvgIpc) is 2.42. The predicted octanol–water partition coefficient (Wildman–Crippen LogP) is 4.77. The first-order valence-corrected chi connectivity index (χ1v) is 9.39. The van der Waals surface area contributed by atoms with Gasteiger partial charge in [-0.3, -0.25) is 0 Å². The van der Waals surface area contributed by atoms with Gasteiger partial charge < -0.3 is 9.84 Å². The maximum absolute atomic E-state index is 11.3. The Balaban J connectivity index is 4.08. The van der Waals surface area contributed by atoms with Gasteiger partial charge in [0.05, 0.1) is 0 Å². The monoisotopic (exact) mass is 318 g/mol. The van der Waals surface area contributed by atoms with E-state index in [1.807, 2.05) is 0 Å². The lowest BCUT2D eigenvalue weighted by Gasteiger charge is -2.21. The number of unbranched alkanes of at least 4 members (excludes halogenated alkanes) is 3. The summed E-state index contributed by atoms with van der Waals surface area (Å²) in [5.74, 6) is 0.172. The third-order valence-electron chi connectivity index (χ3n) is 3.46. The summed E-state index contributed by atoms with van der Waals surface area (Å²) in [5.41, 5.74) is -0.107. The minimum Gasteiger partial charge on any atom is -0.450 e. The molecule has 21 heavy (non-hydrogen) atoms. The van der Waals surface area contributed by atoms with Crippen molar-refractivity contribution in [2.75, 3.05) is 6.61 Å². The number of aliphatic hydroxyl groups is 1. The van der Waals surface area contributed by atoms with E-state index in [1.165, 1.54) is 32.1 Å². The summed E-state index contributed by atoms with van der Waals surface area (Å²) >= 11 is 1.74. The summed E-state index contributed by atoms with van der Waals surface area (Å²) in [6, 6.07) is 0. The van der Waals surface area contributed by atoms with Crippen LogP contribution in [0.2, 0.25) is 0 Å². The third kappa shape index (κ3) is 13.2. The van der Waals surface area contributed by atoms with Gasteiger partial charge in [0.15, 0.2) is 0 Å². The van der Waals surface area contributed by atoms with Gasteiger partial charge >= 0.3 is 5.97 Å². The minimum absolute atomic E-state index is 0.107. The van der Waals surface area contributed by atoms with Crippen LogP contribution in [0.4, 0.5) is 0 Å². The smallest absolute Gasteiger partial charge is 0.332 e.